The second-order valence-electron chi connectivity index (χ2n) is 3.68. The first kappa shape index (κ1) is 13.2. The summed E-state index contributed by atoms with van der Waals surface area (Å²) in [5.41, 5.74) is 0.411. The highest BCUT2D eigenvalue weighted by atomic mass is 16.6. The molecule has 16 heavy (non-hydrogen) atoms. The van der Waals surface area contributed by atoms with Crippen LogP contribution in [0.15, 0.2) is 12.2 Å². The average Bonchev–Trinajstić information content (AvgIpc) is 2.75. The zero-order chi connectivity index (χ0) is 11.8. The summed E-state index contributed by atoms with van der Waals surface area (Å²) in [6.45, 7) is 9.76. The van der Waals surface area contributed by atoms with Crippen LogP contribution in [0.3, 0.4) is 0 Å². The summed E-state index contributed by atoms with van der Waals surface area (Å²) in [6.07, 6.45) is 0. The summed E-state index contributed by atoms with van der Waals surface area (Å²) < 4.78 is 15.4. The maximum Gasteiger partial charge on any atom is 0.333 e. The van der Waals surface area contributed by atoms with Crippen LogP contribution < -0.4 is 0 Å². The molecule has 0 aromatic heterocycles. The van der Waals surface area contributed by atoms with Crippen molar-refractivity contribution >= 4 is 5.97 Å². The number of hydrogen-bond donors (Lipinski definition) is 0. The Morgan fingerprint density at radius 2 is 2.25 bits per heavy atom. The number of rotatable bonds is 7. The maximum absolute atomic E-state index is 11.0. The molecular formula is C11H19NO4. The van der Waals surface area contributed by atoms with E-state index < -0.39 is 0 Å². The van der Waals surface area contributed by atoms with E-state index in [0.717, 1.165) is 19.7 Å². The lowest BCUT2D eigenvalue weighted by molar-refractivity contribution is -0.140. The third kappa shape index (κ3) is 5.25. The second-order valence-corrected chi connectivity index (χ2v) is 3.68. The Bertz CT molecular complexity index is 236. The SMILES string of the molecule is C=C(C)C(=O)OCCOCCN1CCOC1. The Balaban J connectivity index is 1.88. The molecule has 0 N–H and O–H groups in total. The van der Waals surface area contributed by atoms with Gasteiger partial charge in [0, 0.05) is 18.7 Å². The Morgan fingerprint density at radius 1 is 1.44 bits per heavy atom. The molecule has 92 valence electrons. The zero-order valence-electron chi connectivity index (χ0n) is 9.74. The van der Waals surface area contributed by atoms with E-state index >= 15 is 0 Å². The standard InChI is InChI=1S/C11H19NO4/c1-10(2)11(13)16-8-7-14-5-3-12-4-6-15-9-12/h1,3-9H2,2H3. The molecule has 0 radical (unpaired) electrons. The van der Waals surface area contributed by atoms with Crippen LogP contribution in [0.2, 0.25) is 0 Å². The van der Waals surface area contributed by atoms with Gasteiger partial charge in [0.1, 0.15) is 6.61 Å². The van der Waals surface area contributed by atoms with Crippen molar-refractivity contribution < 1.29 is 19.0 Å². The van der Waals surface area contributed by atoms with E-state index in [2.05, 4.69) is 11.5 Å². The lowest BCUT2D eigenvalue weighted by Crippen LogP contribution is -2.25. The van der Waals surface area contributed by atoms with Gasteiger partial charge in [-0.1, -0.05) is 6.58 Å². The Hall–Kier alpha value is -0.910. The van der Waals surface area contributed by atoms with Gasteiger partial charge in [-0.15, -0.1) is 0 Å². The lowest BCUT2D eigenvalue weighted by Gasteiger charge is -2.12. The summed E-state index contributed by atoms with van der Waals surface area (Å²) in [4.78, 5) is 13.1. The molecular weight excluding hydrogens is 210 g/mol. The van der Waals surface area contributed by atoms with Gasteiger partial charge in [0.15, 0.2) is 0 Å². The molecule has 0 aromatic rings. The topological polar surface area (TPSA) is 48.0 Å². The van der Waals surface area contributed by atoms with Crippen LogP contribution in [0.5, 0.6) is 0 Å². The monoisotopic (exact) mass is 229 g/mol. The number of esters is 1. The van der Waals surface area contributed by atoms with Gasteiger partial charge in [-0.2, -0.15) is 0 Å². The fraction of sp³-hybridized carbons (Fsp3) is 0.727. The van der Waals surface area contributed by atoms with Crippen LogP contribution in [0.1, 0.15) is 6.92 Å². The number of ether oxygens (including phenoxy) is 3. The lowest BCUT2D eigenvalue weighted by atomic mass is 10.4. The van der Waals surface area contributed by atoms with Gasteiger partial charge in [0.2, 0.25) is 0 Å². The Labute approximate surface area is 96.0 Å². The minimum absolute atomic E-state index is 0.280. The molecule has 1 aliphatic heterocycles. The van der Waals surface area contributed by atoms with Crippen LogP contribution >= 0.6 is 0 Å². The number of nitrogens with zero attached hydrogens (tertiary/aromatic N) is 1. The predicted molar refractivity (Wildman–Crippen MR) is 59.0 cm³/mol. The van der Waals surface area contributed by atoms with Crippen LogP contribution in [-0.4, -0.2) is 57.1 Å². The van der Waals surface area contributed by atoms with Crippen LogP contribution in [-0.2, 0) is 19.0 Å². The fourth-order valence-electron chi connectivity index (χ4n) is 1.24. The van der Waals surface area contributed by atoms with E-state index in [0.29, 0.717) is 25.5 Å². The minimum Gasteiger partial charge on any atom is -0.460 e. The van der Waals surface area contributed by atoms with Gasteiger partial charge in [-0.25, -0.2) is 4.79 Å². The average molecular weight is 229 g/mol. The molecule has 1 saturated heterocycles. The molecule has 1 aliphatic rings. The first-order valence-corrected chi connectivity index (χ1v) is 5.40. The van der Waals surface area contributed by atoms with Gasteiger partial charge in [-0.05, 0) is 6.92 Å². The summed E-state index contributed by atoms with van der Waals surface area (Å²) in [7, 11) is 0. The predicted octanol–water partition coefficient (Wildman–Crippen LogP) is 0.412. The van der Waals surface area contributed by atoms with Crippen molar-refractivity contribution in [3.63, 3.8) is 0 Å². The van der Waals surface area contributed by atoms with Crippen molar-refractivity contribution in [3.05, 3.63) is 12.2 Å². The molecule has 0 amide bonds. The number of carbonyl (C=O) groups is 1. The second kappa shape index (κ2) is 7.38. The summed E-state index contributed by atoms with van der Waals surface area (Å²) >= 11 is 0. The van der Waals surface area contributed by atoms with E-state index in [1.165, 1.54) is 0 Å². The van der Waals surface area contributed by atoms with Crippen LogP contribution in [0, 0.1) is 0 Å². The molecule has 0 atom stereocenters. The summed E-state index contributed by atoms with van der Waals surface area (Å²) in [5, 5.41) is 0. The third-order valence-electron chi connectivity index (χ3n) is 2.19. The first-order chi connectivity index (χ1) is 7.70. The van der Waals surface area contributed by atoms with Gasteiger partial charge in [-0.3, -0.25) is 4.90 Å². The molecule has 1 rings (SSSR count). The molecule has 1 heterocycles. The van der Waals surface area contributed by atoms with Crippen LogP contribution in [0.4, 0.5) is 0 Å². The number of hydrogen-bond acceptors (Lipinski definition) is 5. The molecule has 0 unspecified atom stereocenters. The van der Waals surface area contributed by atoms with Crippen LogP contribution in [0.25, 0.3) is 0 Å². The molecule has 0 aromatic carbocycles. The minimum atomic E-state index is -0.364. The fourth-order valence-corrected chi connectivity index (χ4v) is 1.24. The van der Waals surface area contributed by atoms with Crippen molar-refractivity contribution in [2.45, 2.75) is 6.92 Å². The van der Waals surface area contributed by atoms with Gasteiger partial charge in [0.25, 0.3) is 0 Å². The Kier molecular flexibility index (Phi) is 6.07. The molecule has 0 aliphatic carbocycles. The van der Waals surface area contributed by atoms with Crippen molar-refractivity contribution in [1.82, 2.24) is 4.90 Å². The molecule has 0 bridgehead atoms. The maximum atomic E-state index is 11.0. The molecule has 5 heteroatoms. The smallest absolute Gasteiger partial charge is 0.333 e. The van der Waals surface area contributed by atoms with Gasteiger partial charge < -0.3 is 14.2 Å². The zero-order valence-corrected chi connectivity index (χ0v) is 9.74. The highest BCUT2D eigenvalue weighted by molar-refractivity contribution is 5.86. The normalized spacial score (nSPS) is 16.3. The molecule has 1 fully saturated rings. The Morgan fingerprint density at radius 3 is 2.88 bits per heavy atom. The van der Waals surface area contributed by atoms with Crippen molar-refractivity contribution in [2.75, 3.05) is 46.2 Å². The quantitative estimate of drug-likeness (QED) is 0.359. The highest BCUT2D eigenvalue weighted by Crippen LogP contribution is 1.97. The van der Waals surface area contributed by atoms with E-state index in [1.54, 1.807) is 6.92 Å². The summed E-state index contributed by atoms with van der Waals surface area (Å²) in [5.74, 6) is -0.364. The largest absolute Gasteiger partial charge is 0.460 e. The summed E-state index contributed by atoms with van der Waals surface area (Å²) in [6, 6.07) is 0. The van der Waals surface area contributed by atoms with Gasteiger partial charge in [0.05, 0.1) is 26.6 Å². The molecule has 5 nitrogen and oxygen atoms in total. The van der Waals surface area contributed by atoms with E-state index in [-0.39, 0.29) is 12.6 Å². The number of carbonyl (C=O) groups excluding carboxylic acids is 1. The van der Waals surface area contributed by atoms with E-state index in [1.807, 2.05) is 0 Å². The van der Waals surface area contributed by atoms with Crippen molar-refractivity contribution in [2.24, 2.45) is 0 Å². The van der Waals surface area contributed by atoms with E-state index in [4.69, 9.17) is 14.2 Å². The van der Waals surface area contributed by atoms with Crippen molar-refractivity contribution in [1.29, 1.82) is 0 Å². The highest BCUT2D eigenvalue weighted by Gasteiger charge is 2.10. The molecule has 0 spiro atoms. The van der Waals surface area contributed by atoms with Crippen molar-refractivity contribution in [3.8, 4) is 0 Å². The van der Waals surface area contributed by atoms with Gasteiger partial charge >= 0.3 is 5.97 Å². The first-order valence-electron chi connectivity index (χ1n) is 5.40. The van der Waals surface area contributed by atoms with E-state index in [9.17, 15) is 4.79 Å². The molecule has 0 saturated carbocycles. The third-order valence-corrected chi connectivity index (χ3v) is 2.19.